The van der Waals surface area contributed by atoms with Gasteiger partial charge in [0.25, 0.3) is 0 Å². The van der Waals surface area contributed by atoms with Crippen LogP contribution in [0.1, 0.15) is 13.8 Å². The zero-order valence-corrected chi connectivity index (χ0v) is 10.2. The summed E-state index contributed by atoms with van der Waals surface area (Å²) in [7, 11) is 1.61. The summed E-state index contributed by atoms with van der Waals surface area (Å²) < 4.78 is 5.08. The Morgan fingerprint density at radius 1 is 1.44 bits per heavy atom. The van der Waals surface area contributed by atoms with Crippen LogP contribution in [0.15, 0.2) is 12.3 Å². The summed E-state index contributed by atoms with van der Waals surface area (Å²) in [6, 6.07) is 1.75. The molecule has 0 saturated heterocycles. The second-order valence-electron chi connectivity index (χ2n) is 3.33. The van der Waals surface area contributed by atoms with E-state index in [0.29, 0.717) is 5.88 Å². The molecule has 16 heavy (non-hydrogen) atoms. The minimum absolute atomic E-state index is 0.604. The molecule has 0 amide bonds. The van der Waals surface area contributed by atoms with Crippen molar-refractivity contribution in [3.8, 4) is 5.88 Å². The average Bonchev–Trinajstić information content (AvgIpc) is 2.35. The van der Waals surface area contributed by atoms with E-state index in [4.69, 9.17) is 4.74 Å². The molecule has 0 unspecified atom stereocenters. The zero-order valence-electron chi connectivity index (χ0n) is 10.2. The molecule has 5 nitrogen and oxygen atoms in total. The number of hydrogen-bond donors (Lipinski definition) is 1. The molecule has 1 aromatic heterocycles. The summed E-state index contributed by atoms with van der Waals surface area (Å²) in [6.07, 6.45) is 1.72. The number of nitrogens with one attached hydrogen (secondary N) is 1. The Morgan fingerprint density at radius 2 is 2.25 bits per heavy atom. The van der Waals surface area contributed by atoms with Crippen LogP contribution in [0.25, 0.3) is 0 Å². The molecule has 1 N–H and O–H groups in total. The molecule has 1 rings (SSSR count). The third-order valence-electron chi connectivity index (χ3n) is 2.30. The van der Waals surface area contributed by atoms with E-state index in [1.807, 2.05) is 0 Å². The number of aromatic nitrogens is 2. The lowest BCUT2D eigenvalue weighted by Crippen LogP contribution is -2.33. The molecule has 0 aliphatic carbocycles. The molecule has 0 bridgehead atoms. The molecule has 0 spiro atoms. The summed E-state index contributed by atoms with van der Waals surface area (Å²) in [5, 5.41) is 3.28. The van der Waals surface area contributed by atoms with Crippen LogP contribution in [0.2, 0.25) is 0 Å². The molecule has 0 fully saturated rings. The topological polar surface area (TPSA) is 50.3 Å². The number of anilines is 1. The highest BCUT2D eigenvalue weighted by molar-refractivity contribution is 5.31. The van der Waals surface area contributed by atoms with Gasteiger partial charge in [-0.05, 0) is 13.5 Å². The van der Waals surface area contributed by atoms with Crippen molar-refractivity contribution in [2.75, 3.05) is 38.2 Å². The van der Waals surface area contributed by atoms with E-state index >= 15 is 0 Å². The van der Waals surface area contributed by atoms with Crippen molar-refractivity contribution in [3.63, 3.8) is 0 Å². The van der Waals surface area contributed by atoms with Crippen molar-refractivity contribution in [2.45, 2.75) is 13.8 Å². The van der Waals surface area contributed by atoms with Gasteiger partial charge in [0.1, 0.15) is 0 Å². The van der Waals surface area contributed by atoms with Crippen molar-refractivity contribution >= 4 is 5.95 Å². The Morgan fingerprint density at radius 3 is 2.88 bits per heavy atom. The van der Waals surface area contributed by atoms with Crippen molar-refractivity contribution < 1.29 is 4.74 Å². The van der Waals surface area contributed by atoms with E-state index in [0.717, 1.165) is 32.1 Å². The number of nitrogens with zero attached hydrogens (tertiary/aromatic N) is 3. The van der Waals surface area contributed by atoms with Gasteiger partial charge in [-0.25, -0.2) is 4.98 Å². The Hall–Kier alpha value is -1.36. The van der Waals surface area contributed by atoms with Crippen molar-refractivity contribution in [1.29, 1.82) is 0 Å². The monoisotopic (exact) mass is 224 g/mol. The summed E-state index contributed by atoms with van der Waals surface area (Å²) in [6.45, 7) is 7.89. The third kappa shape index (κ3) is 3.66. The maximum atomic E-state index is 5.08. The van der Waals surface area contributed by atoms with Crippen LogP contribution in [-0.2, 0) is 0 Å². The summed E-state index contributed by atoms with van der Waals surface area (Å²) >= 11 is 0. The fraction of sp³-hybridized carbons (Fsp3) is 0.636. The second kappa shape index (κ2) is 7.00. The van der Waals surface area contributed by atoms with E-state index in [1.54, 1.807) is 19.4 Å². The molecule has 0 saturated carbocycles. The molecule has 1 heterocycles. The van der Waals surface area contributed by atoms with Crippen LogP contribution < -0.4 is 15.0 Å². The van der Waals surface area contributed by atoms with Crippen LogP contribution in [0.5, 0.6) is 5.88 Å². The summed E-state index contributed by atoms with van der Waals surface area (Å²) in [4.78, 5) is 10.7. The van der Waals surface area contributed by atoms with Gasteiger partial charge >= 0.3 is 0 Å². The first kappa shape index (κ1) is 12.7. The number of rotatable bonds is 7. The first-order chi connectivity index (χ1) is 7.81. The Balaban J connectivity index is 2.62. The van der Waals surface area contributed by atoms with Crippen LogP contribution in [0, 0.1) is 0 Å². The Labute approximate surface area is 96.8 Å². The molecule has 0 atom stereocenters. The lowest BCUT2D eigenvalue weighted by molar-refractivity contribution is 0.396. The highest BCUT2D eigenvalue weighted by Crippen LogP contribution is 2.11. The molecule has 0 aromatic carbocycles. The SMILES string of the molecule is CCNCCN(CC)c1nccc(OC)n1. The largest absolute Gasteiger partial charge is 0.481 e. The minimum atomic E-state index is 0.604. The standard InChI is InChI=1S/C11H20N4O/c1-4-12-8-9-15(5-2)11-13-7-6-10(14-11)16-3/h6-7,12H,4-5,8-9H2,1-3H3. The van der Waals surface area contributed by atoms with Gasteiger partial charge in [-0.3, -0.25) is 0 Å². The van der Waals surface area contributed by atoms with Gasteiger partial charge < -0.3 is 15.0 Å². The Bertz CT molecular complexity index is 306. The van der Waals surface area contributed by atoms with Gasteiger partial charge in [0.05, 0.1) is 7.11 Å². The normalized spacial score (nSPS) is 10.2. The highest BCUT2D eigenvalue weighted by Gasteiger charge is 2.07. The average molecular weight is 224 g/mol. The van der Waals surface area contributed by atoms with Gasteiger partial charge in [0.15, 0.2) is 0 Å². The zero-order chi connectivity index (χ0) is 11.8. The first-order valence-corrected chi connectivity index (χ1v) is 5.64. The van der Waals surface area contributed by atoms with Crippen LogP contribution >= 0.6 is 0 Å². The maximum absolute atomic E-state index is 5.08. The van der Waals surface area contributed by atoms with Gasteiger partial charge in [-0.15, -0.1) is 0 Å². The van der Waals surface area contributed by atoms with Crippen LogP contribution in [0.3, 0.4) is 0 Å². The smallest absolute Gasteiger partial charge is 0.228 e. The molecule has 0 aliphatic heterocycles. The van der Waals surface area contributed by atoms with E-state index in [-0.39, 0.29) is 0 Å². The van der Waals surface area contributed by atoms with Crippen LogP contribution in [0.4, 0.5) is 5.95 Å². The quantitative estimate of drug-likeness (QED) is 0.698. The van der Waals surface area contributed by atoms with E-state index in [2.05, 4.69) is 34.0 Å². The molecule has 0 radical (unpaired) electrons. The van der Waals surface area contributed by atoms with E-state index in [9.17, 15) is 0 Å². The second-order valence-corrected chi connectivity index (χ2v) is 3.33. The summed E-state index contributed by atoms with van der Waals surface area (Å²) in [5.41, 5.74) is 0. The fourth-order valence-corrected chi connectivity index (χ4v) is 1.39. The summed E-state index contributed by atoms with van der Waals surface area (Å²) in [5.74, 6) is 1.33. The highest BCUT2D eigenvalue weighted by atomic mass is 16.5. The van der Waals surface area contributed by atoms with E-state index in [1.165, 1.54) is 0 Å². The molecule has 5 heteroatoms. The predicted molar refractivity (Wildman–Crippen MR) is 65.0 cm³/mol. The molecule has 0 aliphatic rings. The van der Waals surface area contributed by atoms with Gasteiger partial charge in [0, 0.05) is 31.9 Å². The van der Waals surface area contributed by atoms with E-state index < -0.39 is 0 Å². The minimum Gasteiger partial charge on any atom is -0.481 e. The number of methoxy groups -OCH3 is 1. The number of ether oxygens (including phenoxy) is 1. The van der Waals surface area contributed by atoms with Crippen molar-refractivity contribution in [2.24, 2.45) is 0 Å². The third-order valence-corrected chi connectivity index (χ3v) is 2.30. The molecule has 90 valence electrons. The fourth-order valence-electron chi connectivity index (χ4n) is 1.39. The first-order valence-electron chi connectivity index (χ1n) is 5.64. The Kier molecular flexibility index (Phi) is 5.56. The molecular weight excluding hydrogens is 204 g/mol. The number of hydrogen-bond acceptors (Lipinski definition) is 5. The molecular formula is C11H20N4O. The predicted octanol–water partition coefficient (Wildman–Crippen LogP) is 0.921. The lowest BCUT2D eigenvalue weighted by Gasteiger charge is -2.20. The van der Waals surface area contributed by atoms with Crippen molar-refractivity contribution in [1.82, 2.24) is 15.3 Å². The van der Waals surface area contributed by atoms with Crippen molar-refractivity contribution in [3.05, 3.63) is 12.3 Å². The van der Waals surface area contributed by atoms with Crippen LogP contribution in [-0.4, -0.2) is 43.3 Å². The van der Waals surface area contributed by atoms with Gasteiger partial charge in [0.2, 0.25) is 11.8 Å². The maximum Gasteiger partial charge on any atom is 0.228 e. The molecule has 1 aromatic rings. The number of likely N-dealkylation sites (N-methyl/N-ethyl adjacent to an activating group) is 2. The lowest BCUT2D eigenvalue weighted by atomic mass is 10.5. The van der Waals surface area contributed by atoms with Gasteiger partial charge in [-0.1, -0.05) is 6.92 Å². The van der Waals surface area contributed by atoms with Gasteiger partial charge in [-0.2, -0.15) is 4.98 Å².